The zero-order valence-corrected chi connectivity index (χ0v) is 13.8. The third-order valence-corrected chi connectivity index (χ3v) is 4.88. The summed E-state index contributed by atoms with van der Waals surface area (Å²) in [4.78, 5) is 28.7. The van der Waals surface area contributed by atoms with E-state index >= 15 is 0 Å². The van der Waals surface area contributed by atoms with E-state index in [4.69, 9.17) is 4.74 Å². The molecule has 0 radical (unpaired) electrons. The highest BCUT2D eigenvalue weighted by Crippen LogP contribution is 2.27. The Morgan fingerprint density at radius 2 is 2.23 bits per heavy atom. The van der Waals surface area contributed by atoms with Crippen LogP contribution in [0.4, 0.5) is 0 Å². The maximum atomic E-state index is 12.0. The molecule has 6 nitrogen and oxygen atoms in total. The summed E-state index contributed by atoms with van der Waals surface area (Å²) in [7, 11) is 1.39. The molecule has 2 heterocycles. The second-order valence-corrected chi connectivity index (χ2v) is 6.72. The Bertz CT molecular complexity index is 654. The SMILES string of the molecule is COCC(C)(NC(=O)Cc1csc(-c2cccs2)n1)C(=O)O. The molecule has 2 rings (SSSR count). The first-order valence-electron chi connectivity index (χ1n) is 6.46. The second-order valence-electron chi connectivity index (χ2n) is 4.92. The average molecular weight is 340 g/mol. The molecular formula is C14H16N2O4S2. The number of aromatic nitrogens is 1. The van der Waals surface area contributed by atoms with Gasteiger partial charge in [-0.1, -0.05) is 6.07 Å². The van der Waals surface area contributed by atoms with Crippen LogP contribution in [0.3, 0.4) is 0 Å². The Kier molecular flexibility index (Phi) is 5.28. The van der Waals surface area contributed by atoms with Crippen LogP contribution in [-0.2, 0) is 20.7 Å². The van der Waals surface area contributed by atoms with Crippen LogP contribution in [0.5, 0.6) is 0 Å². The second kappa shape index (κ2) is 6.99. The lowest BCUT2D eigenvalue weighted by atomic mass is 10.0. The van der Waals surface area contributed by atoms with E-state index in [1.165, 1.54) is 25.4 Å². The number of thiophene rings is 1. The number of carboxylic acid groups (broad SMARTS) is 1. The average Bonchev–Trinajstić information content (AvgIpc) is 3.08. The Balaban J connectivity index is 2.01. The smallest absolute Gasteiger partial charge is 0.331 e. The number of carbonyl (C=O) groups is 2. The van der Waals surface area contributed by atoms with E-state index < -0.39 is 17.4 Å². The van der Waals surface area contributed by atoms with Gasteiger partial charge in [-0.3, -0.25) is 4.79 Å². The summed E-state index contributed by atoms with van der Waals surface area (Å²) >= 11 is 3.04. The topological polar surface area (TPSA) is 88.5 Å². The number of carbonyl (C=O) groups excluding carboxylic acids is 1. The molecule has 0 bridgehead atoms. The number of ether oxygens (including phenoxy) is 1. The fourth-order valence-corrected chi connectivity index (χ4v) is 3.49. The number of amides is 1. The van der Waals surface area contributed by atoms with Crippen molar-refractivity contribution >= 4 is 34.6 Å². The number of carboxylic acids is 1. The lowest BCUT2D eigenvalue weighted by Crippen LogP contribution is -2.55. The zero-order valence-electron chi connectivity index (χ0n) is 12.2. The first-order chi connectivity index (χ1) is 10.4. The molecule has 1 amide bonds. The van der Waals surface area contributed by atoms with Crippen molar-refractivity contribution in [1.29, 1.82) is 0 Å². The maximum absolute atomic E-state index is 12.0. The van der Waals surface area contributed by atoms with Crippen LogP contribution in [0.25, 0.3) is 9.88 Å². The number of nitrogens with one attached hydrogen (secondary N) is 1. The van der Waals surface area contributed by atoms with Gasteiger partial charge >= 0.3 is 5.97 Å². The standard InChI is InChI=1S/C14H16N2O4S2/c1-14(8-20-2,13(18)19)16-11(17)6-9-7-22-12(15-9)10-4-3-5-21-10/h3-5,7H,6,8H2,1-2H3,(H,16,17)(H,18,19). The summed E-state index contributed by atoms with van der Waals surface area (Å²) < 4.78 is 4.86. The van der Waals surface area contributed by atoms with Gasteiger partial charge in [-0.05, 0) is 18.4 Å². The highest BCUT2D eigenvalue weighted by molar-refractivity contribution is 7.20. The predicted octanol–water partition coefficient (Wildman–Crippen LogP) is 2.02. The molecule has 0 aliphatic heterocycles. The molecule has 0 saturated heterocycles. The van der Waals surface area contributed by atoms with E-state index in [2.05, 4.69) is 10.3 Å². The lowest BCUT2D eigenvalue weighted by molar-refractivity contribution is -0.149. The lowest BCUT2D eigenvalue weighted by Gasteiger charge is -2.25. The minimum atomic E-state index is -1.45. The highest BCUT2D eigenvalue weighted by Gasteiger charge is 2.35. The van der Waals surface area contributed by atoms with Crippen LogP contribution < -0.4 is 5.32 Å². The van der Waals surface area contributed by atoms with Crippen molar-refractivity contribution in [3.8, 4) is 9.88 Å². The number of nitrogens with zero attached hydrogens (tertiary/aromatic N) is 1. The molecular weight excluding hydrogens is 324 g/mol. The normalized spacial score (nSPS) is 13.5. The van der Waals surface area contributed by atoms with Crippen molar-refractivity contribution < 1.29 is 19.4 Å². The van der Waals surface area contributed by atoms with Crippen molar-refractivity contribution in [3.63, 3.8) is 0 Å². The largest absolute Gasteiger partial charge is 0.479 e. The van der Waals surface area contributed by atoms with Gasteiger partial charge in [0.2, 0.25) is 5.91 Å². The minimum Gasteiger partial charge on any atom is -0.479 e. The Hall–Kier alpha value is -1.77. The van der Waals surface area contributed by atoms with E-state index in [1.54, 1.807) is 11.3 Å². The molecule has 2 aromatic rings. The van der Waals surface area contributed by atoms with Crippen LogP contribution in [0, 0.1) is 0 Å². The molecule has 8 heteroatoms. The zero-order chi connectivity index (χ0) is 16.2. The van der Waals surface area contributed by atoms with Crippen molar-refractivity contribution in [2.45, 2.75) is 18.9 Å². The summed E-state index contributed by atoms with van der Waals surface area (Å²) in [5, 5.41) is 16.3. The monoisotopic (exact) mass is 340 g/mol. The third kappa shape index (κ3) is 3.90. The molecule has 22 heavy (non-hydrogen) atoms. The van der Waals surface area contributed by atoms with E-state index in [0.29, 0.717) is 5.69 Å². The van der Waals surface area contributed by atoms with Crippen molar-refractivity contribution in [2.75, 3.05) is 13.7 Å². The van der Waals surface area contributed by atoms with Gasteiger partial charge in [-0.25, -0.2) is 9.78 Å². The third-order valence-electron chi connectivity index (χ3n) is 2.95. The number of rotatable bonds is 7. The molecule has 0 aromatic carbocycles. The molecule has 2 aromatic heterocycles. The number of hydrogen-bond acceptors (Lipinski definition) is 6. The summed E-state index contributed by atoms with van der Waals surface area (Å²) in [6.45, 7) is 1.31. The van der Waals surface area contributed by atoms with E-state index in [-0.39, 0.29) is 13.0 Å². The van der Waals surface area contributed by atoms with Gasteiger partial charge in [0.25, 0.3) is 0 Å². The molecule has 0 fully saturated rings. The van der Waals surface area contributed by atoms with Gasteiger partial charge in [-0.15, -0.1) is 22.7 Å². The Labute approximate surface area is 135 Å². The molecule has 1 unspecified atom stereocenters. The van der Waals surface area contributed by atoms with Crippen LogP contribution >= 0.6 is 22.7 Å². The summed E-state index contributed by atoms with van der Waals surface area (Å²) in [6, 6.07) is 3.91. The van der Waals surface area contributed by atoms with Crippen molar-refractivity contribution in [2.24, 2.45) is 0 Å². The number of aliphatic carboxylic acids is 1. The maximum Gasteiger partial charge on any atom is 0.331 e. The summed E-state index contributed by atoms with van der Waals surface area (Å²) in [5.74, 6) is -1.54. The summed E-state index contributed by atoms with van der Waals surface area (Å²) in [5.41, 5.74) is -0.825. The fraction of sp³-hybridized carbons (Fsp3) is 0.357. The molecule has 0 spiro atoms. The highest BCUT2D eigenvalue weighted by atomic mass is 32.1. The van der Waals surface area contributed by atoms with E-state index in [1.807, 2.05) is 22.9 Å². The van der Waals surface area contributed by atoms with Crippen LogP contribution in [0.1, 0.15) is 12.6 Å². The van der Waals surface area contributed by atoms with Gasteiger partial charge < -0.3 is 15.2 Å². The predicted molar refractivity (Wildman–Crippen MR) is 85.2 cm³/mol. The van der Waals surface area contributed by atoms with Crippen LogP contribution in [0.2, 0.25) is 0 Å². The number of methoxy groups -OCH3 is 1. The molecule has 2 N–H and O–H groups in total. The van der Waals surface area contributed by atoms with Gasteiger partial charge in [0.15, 0.2) is 5.54 Å². The molecule has 0 aliphatic rings. The molecule has 1 atom stereocenters. The van der Waals surface area contributed by atoms with Crippen LogP contribution in [-0.4, -0.2) is 41.2 Å². The molecule has 0 aliphatic carbocycles. The van der Waals surface area contributed by atoms with E-state index in [9.17, 15) is 14.7 Å². The van der Waals surface area contributed by atoms with Gasteiger partial charge in [-0.2, -0.15) is 0 Å². The number of hydrogen-bond donors (Lipinski definition) is 2. The molecule has 0 saturated carbocycles. The Morgan fingerprint density at radius 1 is 1.45 bits per heavy atom. The summed E-state index contributed by atoms with van der Waals surface area (Å²) in [6.07, 6.45) is 0.0362. The van der Waals surface area contributed by atoms with E-state index in [0.717, 1.165) is 9.88 Å². The first-order valence-corrected chi connectivity index (χ1v) is 8.22. The van der Waals surface area contributed by atoms with Crippen molar-refractivity contribution in [3.05, 3.63) is 28.6 Å². The van der Waals surface area contributed by atoms with Gasteiger partial charge in [0.05, 0.1) is 23.6 Å². The van der Waals surface area contributed by atoms with Crippen molar-refractivity contribution in [1.82, 2.24) is 10.3 Å². The van der Waals surface area contributed by atoms with Gasteiger partial charge in [0, 0.05) is 12.5 Å². The van der Waals surface area contributed by atoms with Gasteiger partial charge in [0.1, 0.15) is 5.01 Å². The van der Waals surface area contributed by atoms with Crippen LogP contribution in [0.15, 0.2) is 22.9 Å². The minimum absolute atomic E-state index is 0.0362. The Morgan fingerprint density at radius 3 is 2.82 bits per heavy atom. The molecule has 118 valence electrons. The fourth-order valence-electron chi connectivity index (χ4n) is 1.86. The number of thiazole rings is 1. The first kappa shape index (κ1) is 16.6. The quantitative estimate of drug-likeness (QED) is 0.805.